The Balaban J connectivity index is 2.37. The highest BCUT2D eigenvalue weighted by Gasteiger charge is 2.43. The molecule has 8 heteroatoms. The van der Waals surface area contributed by atoms with E-state index in [4.69, 9.17) is 0 Å². The first kappa shape index (κ1) is 8.85. The van der Waals surface area contributed by atoms with Gasteiger partial charge in [0.05, 0.1) is 6.34 Å². The predicted octanol–water partition coefficient (Wildman–Crippen LogP) is -0.114. The van der Waals surface area contributed by atoms with Crippen LogP contribution >= 0.6 is 0 Å². The standard InChI is InChI=1S/C6H3F3N4O/c7-6(8,9)5-12-2-3(13-5)10-1-11-4(2)14/h1-2H,(H,10,11,12,13,14). The maximum absolute atomic E-state index is 12.1. The smallest absolute Gasteiger partial charge is 0.314 e. The third kappa shape index (κ3) is 1.28. The third-order valence-electron chi connectivity index (χ3n) is 1.62. The Bertz CT molecular complexity index is 381. The number of amides is 1. The number of amidine groups is 2. The van der Waals surface area contributed by atoms with Gasteiger partial charge >= 0.3 is 6.18 Å². The first-order valence-electron chi connectivity index (χ1n) is 3.55. The molecule has 2 aliphatic heterocycles. The van der Waals surface area contributed by atoms with E-state index in [9.17, 15) is 18.0 Å². The lowest BCUT2D eigenvalue weighted by Crippen LogP contribution is -2.40. The second-order valence-electron chi connectivity index (χ2n) is 2.59. The molecule has 2 heterocycles. The lowest BCUT2D eigenvalue weighted by Gasteiger charge is -2.09. The molecule has 1 N–H and O–H groups in total. The molecular formula is C6H3F3N4O. The number of alkyl halides is 3. The van der Waals surface area contributed by atoms with Crippen LogP contribution < -0.4 is 5.32 Å². The zero-order chi connectivity index (χ0) is 10.3. The monoisotopic (exact) mass is 204 g/mol. The van der Waals surface area contributed by atoms with Gasteiger partial charge in [-0.25, -0.2) is 15.0 Å². The normalized spacial score (nSPS) is 25.4. The van der Waals surface area contributed by atoms with Crippen LogP contribution in [0, 0.1) is 0 Å². The lowest BCUT2D eigenvalue weighted by molar-refractivity contribution is -0.119. The van der Waals surface area contributed by atoms with Gasteiger partial charge in [-0.2, -0.15) is 13.2 Å². The molecule has 5 nitrogen and oxygen atoms in total. The van der Waals surface area contributed by atoms with Gasteiger partial charge in [0, 0.05) is 0 Å². The summed E-state index contributed by atoms with van der Waals surface area (Å²) < 4.78 is 36.3. The molecule has 74 valence electrons. The van der Waals surface area contributed by atoms with Crippen LogP contribution in [-0.4, -0.2) is 36.1 Å². The van der Waals surface area contributed by atoms with Gasteiger partial charge in [0.15, 0.2) is 11.9 Å². The Morgan fingerprint density at radius 2 is 2.14 bits per heavy atom. The molecule has 0 saturated carbocycles. The SMILES string of the molecule is O=C1NC=NC2=NC(C(F)(F)F)=NC12. The zero-order valence-electron chi connectivity index (χ0n) is 6.54. The van der Waals surface area contributed by atoms with Gasteiger partial charge in [0.25, 0.3) is 5.91 Å². The summed E-state index contributed by atoms with van der Waals surface area (Å²) in [6, 6.07) is -1.25. The highest BCUT2D eigenvalue weighted by molar-refractivity contribution is 6.22. The summed E-state index contributed by atoms with van der Waals surface area (Å²) in [7, 11) is 0. The van der Waals surface area contributed by atoms with Crippen molar-refractivity contribution in [1.29, 1.82) is 0 Å². The quantitative estimate of drug-likeness (QED) is 0.587. The van der Waals surface area contributed by atoms with Crippen molar-refractivity contribution in [2.24, 2.45) is 15.0 Å². The number of aliphatic imine (C=N–C) groups is 3. The van der Waals surface area contributed by atoms with Crippen LogP contribution in [0.4, 0.5) is 13.2 Å². The first-order valence-corrected chi connectivity index (χ1v) is 3.55. The van der Waals surface area contributed by atoms with Crippen molar-refractivity contribution in [1.82, 2.24) is 5.32 Å². The summed E-state index contributed by atoms with van der Waals surface area (Å²) in [5.74, 6) is -2.19. The Hall–Kier alpha value is -1.73. The molecule has 1 amide bonds. The number of carbonyl (C=O) groups excluding carboxylic acids is 1. The highest BCUT2D eigenvalue weighted by Crippen LogP contribution is 2.23. The van der Waals surface area contributed by atoms with E-state index in [1.165, 1.54) is 0 Å². The number of halogens is 3. The number of hydrogen-bond donors (Lipinski definition) is 1. The van der Waals surface area contributed by atoms with Gasteiger partial charge in [0.2, 0.25) is 5.84 Å². The van der Waals surface area contributed by atoms with Crippen LogP contribution in [0.2, 0.25) is 0 Å². The van der Waals surface area contributed by atoms with Crippen LogP contribution in [0.25, 0.3) is 0 Å². The van der Waals surface area contributed by atoms with Crippen molar-refractivity contribution >= 4 is 23.9 Å². The Morgan fingerprint density at radius 1 is 1.43 bits per heavy atom. The Kier molecular flexibility index (Phi) is 1.66. The van der Waals surface area contributed by atoms with E-state index >= 15 is 0 Å². The molecule has 0 fully saturated rings. The van der Waals surface area contributed by atoms with Crippen LogP contribution in [0.5, 0.6) is 0 Å². The van der Waals surface area contributed by atoms with Gasteiger partial charge in [0.1, 0.15) is 0 Å². The van der Waals surface area contributed by atoms with Crippen molar-refractivity contribution in [2.75, 3.05) is 0 Å². The molecule has 0 aromatic carbocycles. The van der Waals surface area contributed by atoms with Crippen molar-refractivity contribution in [3.05, 3.63) is 0 Å². The predicted molar refractivity (Wildman–Crippen MR) is 41.3 cm³/mol. The maximum Gasteiger partial charge on any atom is 0.451 e. The van der Waals surface area contributed by atoms with E-state index in [1.807, 2.05) is 0 Å². The van der Waals surface area contributed by atoms with E-state index in [0.717, 1.165) is 6.34 Å². The van der Waals surface area contributed by atoms with Gasteiger partial charge in [-0.05, 0) is 0 Å². The molecule has 2 rings (SSSR count). The summed E-state index contributed by atoms with van der Waals surface area (Å²) in [6.07, 6.45) is -3.65. The molecule has 2 aliphatic rings. The molecule has 1 atom stereocenters. The molecule has 0 aromatic rings. The Morgan fingerprint density at radius 3 is 2.71 bits per heavy atom. The molecule has 0 aliphatic carbocycles. The first-order chi connectivity index (χ1) is 6.48. The van der Waals surface area contributed by atoms with Crippen LogP contribution in [-0.2, 0) is 4.79 Å². The number of nitrogens with zero attached hydrogens (tertiary/aromatic N) is 3. The van der Waals surface area contributed by atoms with Gasteiger partial charge in [-0.1, -0.05) is 0 Å². The number of hydrogen-bond acceptors (Lipinski definition) is 4. The molecule has 0 bridgehead atoms. The summed E-state index contributed by atoms with van der Waals surface area (Å²) in [5.41, 5.74) is 0. The average Bonchev–Trinajstić information content (AvgIpc) is 2.48. The van der Waals surface area contributed by atoms with E-state index in [1.54, 1.807) is 0 Å². The van der Waals surface area contributed by atoms with Gasteiger partial charge in [-0.3, -0.25) is 4.79 Å². The van der Waals surface area contributed by atoms with E-state index in [-0.39, 0.29) is 5.84 Å². The number of rotatable bonds is 0. The number of nitrogens with one attached hydrogen (secondary N) is 1. The molecular weight excluding hydrogens is 201 g/mol. The van der Waals surface area contributed by atoms with Crippen molar-refractivity contribution in [3.8, 4) is 0 Å². The summed E-state index contributed by atoms with van der Waals surface area (Å²) >= 11 is 0. The largest absolute Gasteiger partial charge is 0.451 e. The van der Waals surface area contributed by atoms with Crippen LogP contribution in [0.1, 0.15) is 0 Å². The van der Waals surface area contributed by atoms with Crippen molar-refractivity contribution in [3.63, 3.8) is 0 Å². The molecule has 0 aromatic heterocycles. The average molecular weight is 204 g/mol. The fourth-order valence-corrected chi connectivity index (χ4v) is 1.03. The lowest BCUT2D eigenvalue weighted by atomic mass is 10.2. The van der Waals surface area contributed by atoms with Crippen LogP contribution in [0.3, 0.4) is 0 Å². The maximum atomic E-state index is 12.1. The fraction of sp³-hybridized carbons (Fsp3) is 0.333. The number of fused-ring (bicyclic) bond motifs is 1. The molecule has 14 heavy (non-hydrogen) atoms. The summed E-state index contributed by atoms with van der Waals surface area (Å²) in [5, 5.41) is 2.14. The molecule has 0 spiro atoms. The second kappa shape index (κ2) is 2.63. The molecule has 1 unspecified atom stereocenters. The van der Waals surface area contributed by atoms with Crippen molar-refractivity contribution < 1.29 is 18.0 Å². The summed E-state index contributed by atoms with van der Waals surface area (Å²) in [4.78, 5) is 20.7. The Labute approximate surface area is 75.4 Å². The van der Waals surface area contributed by atoms with E-state index in [2.05, 4.69) is 20.3 Å². The topological polar surface area (TPSA) is 66.2 Å². The van der Waals surface area contributed by atoms with Crippen molar-refractivity contribution in [2.45, 2.75) is 12.2 Å². The van der Waals surface area contributed by atoms with E-state index in [0.29, 0.717) is 0 Å². The van der Waals surface area contributed by atoms with Gasteiger partial charge < -0.3 is 5.32 Å². The molecule has 0 saturated heterocycles. The third-order valence-corrected chi connectivity index (χ3v) is 1.62. The second-order valence-corrected chi connectivity index (χ2v) is 2.59. The summed E-state index contributed by atoms with van der Waals surface area (Å²) in [6.45, 7) is 0. The minimum Gasteiger partial charge on any atom is -0.314 e. The van der Waals surface area contributed by atoms with Gasteiger partial charge in [-0.15, -0.1) is 0 Å². The number of carbonyl (C=O) groups is 1. The molecule has 0 radical (unpaired) electrons. The van der Waals surface area contributed by atoms with E-state index < -0.39 is 24.0 Å². The zero-order valence-corrected chi connectivity index (χ0v) is 6.54. The highest BCUT2D eigenvalue weighted by atomic mass is 19.4. The minimum absolute atomic E-state index is 0.221. The minimum atomic E-state index is -4.64. The van der Waals surface area contributed by atoms with Crippen LogP contribution in [0.15, 0.2) is 15.0 Å². The fourth-order valence-electron chi connectivity index (χ4n) is 1.03.